The van der Waals surface area contributed by atoms with Crippen LogP contribution in [0.25, 0.3) is 0 Å². The summed E-state index contributed by atoms with van der Waals surface area (Å²) < 4.78 is 11.1. The van der Waals surface area contributed by atoms with Gasteiger partial charge in [0.25, 0.3) is 0 Å². The molecule has 0 saturated heterocycles. The van der Waals surface area contributed by atoms with E-state index in [0.29, 0.717) is 13.0 Å². The number of hydrogen-bond acceptors (Lipinski definition) is 5. The number of aliphatic hydroxyl groups is 2. The number of carbonyl (C=O) groups is 1. The predicted octanol–water partition coefficient (Wildman–Crippen LogP) is 11.0. The Morgan fingerprint density at radius 1 is 0.523 bits per heavy atom. The molecule has 2 unspecified atom stereocenters. The summed E-state index contributed by atoms with van der Waals surface area (Å²) in [5.74, 6) is -0.0620. The number of ether oxygens (including phenoxy) is 2. The number of aliphatic hydroxyl groups excluding tert-OH is 2. The Morgan fingerprint density at radius 2 is 0.955 bits per heavy atom. The molecule has 0 fully saturated rings. The smallest absolute Gasteiger partial charge is 0.305 e. The maximum Gasteiger partial charge on any atom is 0.305 e. The van der Waals surface area contributed by atoms with Crippen LogP contribution >= 0.6 is 0 Å². The standard InChI is InChI=1S/C39H74O5/c1-3-5-7-21-29-37(40)31-23-17-13-9-10-15-19-25-33-39(42)44-36-28-27-35-43-34-26-20-16-12-11-14-18-24-32-38(41)30-22-8-6-4-2/h17-18,23-24,37-38,40-41H,3-16,19-22,25-36H2,1-2H3/b23-17+,24-18+. The summed E-state index contributed by atoms with van der Waals surface area (Å²) in [6.45, 7) is 6.52. The molecule has 44 heavy (non-hydrogen) atoms. The van der Waals surface area contributed by atoms with Gasteiger partial charge in [-0.1, -0.05) is 128 Å². The molecule has 2 N–H and O–H groups in total. The lowest BCUT2D eigenvalue weighted by Crippen LogP contribution is -2.06. The molecule has 5 nitrogen and oxygen atoms in total. The second kappa shape index (κ2) is 36.3. The highest BCUT2D eigenvalue weighted by Crippen LogP contribution is 2.12. The molecule has 5 heteroatoms. The van der Waals surface area contributed by atoms with Crippen LogP contribution < -0.4 is 0 Å². The van der Waals surface area contributed by atoms with Crippen LogP contribution in [0.5, 0.6) is 0 Å². The number of esters is 1. The van der Waals surface area contributed by atoms with Crippen LogP contribution in [-0.2, 0) is 14.3 Å². The first kappa shape index (κ1) is 42.8. The molecule has 0 heterocycles. The summed E-state index contributed by atoms with van der Waals surface area (Å²) in [5, 5.41) is 20.0. The normalized spacial score (nSPS) is 13.3. The van der Waals surface area contributed by atoms with E-state index in [1.165, 1.54) is 83.5 Å². The Labute approximate surface area is 273 Å². The van der Waals surface area contributed by atoms with Crippen LogP contribution in [0, 0.1) is 0 Å². The van der Waals surface area contributed by atoms with E-state index < -0.39 is 0 Å². The molecule has 0 saturated carbocycles. The van der Waals surface area contributed by atoms with Crippen molar-refractivity contribution in [2.45, 2.75) is 199 Å². The number of hydrogen-bond donors (Lipinski definition) is 2. The van der Waals surface area contributed by atoms with Gasteiger partial charge in [0.2, 0.25) is 0 Å². The van der Waals surface area contributed by atoms with E-state index in [2.05, 4.69) is 38.2 Å². The molecular weight excluding hydrogens is 548 g/mol. The molecule has 260 valence electrons. The first-order valence-electron chi connectivity index (χ1n) is 19.0. The van der Waals surface area contributed by atoms with E-state index in [4.69, 9.17) is 9.47 Å². The van der Waals surface area contributed by atoms with E-state index in [1.807, 2.05) is 0 Å². The molecule has 0 bridgehead atoms. The van der Waals surface area contributed by atoms with Gasteiger partial charge in [0, 0.05) is 19.6 Å². The minimum atomic E-state index is -0.178. The lowest BCUT2D eigenvalue weighted by molar-refractivity contribution is -0.144. The fraction of sp³-hybridized carbons (Fsp3) is 0.872. The molecule has 0 aliphatic carbocycles. The highest BCUT2D eigenvalue weighted by Gasteiger charge is 2.04. The van der Waals surface area contributed by atoms with E-state index in [9.17, 15) is 15.0 Å². The number of rotatable bonds is 35. The summed E-state index contributed by atoms with van der Waals surface area (Å²) in [6.07, 6.45) is 37.9. The maximum atomic E-state index is 11.9. The minimum absolute atomic E-state index is 0.0620. The SMILES string of the molecule is CCCCCCC(O)C/C=C/CCCCCCCOCCCCOC(=O)CCCCCCC/C=C/CC(O)CCCCCC. The quantitative estimate of drug-likeness (QED) is 0.0418. The zero-order chi connectivity index (χ0) is 32.2. The van der Waals surface area contributed by atoms with Crippen LogP contribution in [0.15, 0.2) is 24.3 Å². The first-order chi connectivity index (χ1) is 21.6. The first-order valence-corrected chi connectivity index (χ1v) is 19.0. The molecule has 0 aromatic heterocycles. The topological polar surface area (TPSA) is 76.0 Å². The van der Waals surface area contributed by atoms with Crippen LogP contribution in [0.1, 0.15) is 187 Å². The van der Waals surface area contributed by atoms with Gasteiger partial charge in [-0.3, -0.25) is 4.79 Å². The fourth-order valence-corrected chi connectivity index (χ4v) is 5.32. The van der Waals surface area contributed by atoms with Crippen molar-refractivity contribution < 1.29 is 24.5 Å². The van der Waals surface area contributed by atoms with Crippen LogP contribution in [0.2, 0.25) is 0 Å². The number of unbranched alkanes of at least 4 members (excludes halogenated alkanes) is 17. The lowest BCUT2D eigenvalue weighted by atomic mass is 10.1. The highest BCUT2D eigenvalue weighted by molar-refractivity contribution is 5.69. The van der Waals surface area contributed by atoms with Gasteiger partial charge in [-0.15, -0.1) is 0 Å². The van der Waals surface area contributed by atoms with Crippen molar-refractivity contribution in [3.8, 4) is 0 Å². The maximum absolute atomic E-state index is 11.9. The third kappa shape index (κ3) is 35.3. The van der Waals surface area contributed by atoms with Gasteiger partial charge in [0.05, 0.1) is 18.8 Å². The molecule has 0 aromatic rings. The summed E-state index contributed by atoms with van der Waals surface area (Å²) in [5.41, 5.74) is 0. The van der Waals surface area contributed by atoms with Crippen molar-refractivity contribution in [1.29, 1.82) is 0 Å². The zero-order valence-corrected chi connectivity index (χ0v) is 29.3. The zero-order valence-electron chi connectivity index (χ0n) is 29.3. The van der Waals surface area contributed by atoms with Gasteiger partial charge < -0.3 is 19.7 Å². The van der Waals surface area contributed by atoms with Crippen molar-refractivity contribution in [2.75, 3.05) is 19.8 Å². The fourth-order valence-electron chi connectivity index (χ4n) is 5.32. The van der Waals surface area contributed by atoms with Crippen molar-refractivity contribution >= 4 is 5.97 Å². The lowest BCUT2D eigenvalue weighted by Gasteiger charge is -2.07. The Morgan fingerprint density at radius 3 is 1.50 bits per heavy atom. The average molecular weight is 623 g/mol. The number of carbonyl (C=O) groups excluding carboxylic acids is 1. The van der Waals surface area contributed by atoms with Gasteiger partial charge in [0.1, 0.15) is 0 Å². The van der Waals surface area contributed by atoms with Gasteiger partial charge in [-0.25, -0.2) is 0 Å². The second-order valence-corrected chi connectivity index (χ2v) is 12.8. The van der Waals surface area contributed by atoms with E-state index in [0.717, 1.165) is 96.7 Å². The van der Waals surface area contributed by atoms with Crippen molar-refractivity contribution in [2.24, 2.45) is 0 Å². The largest absolute Gasteiger partial charge is 0.466 e. The van der Waals surface area contributed by atoms with Crippen molar-refractivity contribution in [1.82, 2.24) is 0 Å². The summed E-state index contributed by atoms with van der Waals surface area (Å²) in [7, 11) is 0. The Kier molecular flexibility index (Phi) is 35.3. The predicted molar refractivity (Wildman–Crippen MR) is 188 cm³/mol. The molecule has 0 spiro atoms. The molecule has 0 amide bonds. The molecule has 0 radical (unpaired) electrons. The Hall–Kier alpha value is -1.17. The number of allylic oxidation sites excluding steroid dienone is 2. The molecular formula is C39H74O5. The van der Waals surface area contributed by atoms with E-state index >= 15 is 0 Å². The molecule has 0 aliphatic heterocycles. The van der Waals surface area contributed by atoms with Crippen LogP contribution in [-0.4, -0.2) is 48.2 Å². The van der Waals surface area contributed by atoms with Crippen LogP contribution in [0.4, 0.5) is 0 Å². The second-order valence-electron chi connectivity index (χ2n) is 12.8. The third-order valence-electron chi connectivity index (χ3n) is 8.29. The Bertz CT molecular complexity index is 632. The third-order valence-corrected chi connectivity index (χ3v) is 8.29. The van der Waals surface area contributed by atoms with Gasteiger partial charge >= 0.3 is 5.97 Å². The monoisotopic (exact) mass is 623 g/mol. The van der Waals surface area contributed by atoms with Gasteiger partial charge in [0.15, 0.2) is 0 Å². The molecule has 0 aromatic carbocycles. The van der Waals surface area contributed by atoms with Gasteiger partial charge in [-0.05, 0) is 77.0 Å². The van der Waals surface area contributed by atoms with E-state index in [1.54, 1.807) is 0 Å². The summed E-state index contributed by atoms with van der Waals surface area (Å²) in [4.78, 5) is 11.9. The Balaban J connectivity index is 3.31. The highest BCUT2D eigenvalue weighted by atomic mass is 16.5. The summed E-state index contributed by atoms with van der Waals surface area (Å²) >= 11 is 0. The minimum Gasteiger partial charge on any atom is -0.466 e. The molecule has 0 rings (SSSR count). The van der Waals surface area contributed by atoms with Crippen molar-refractivity contribution in [3.63, 3.8) is 0 Å². The van der Waals surface area contributed by atoms with E-state index in [-0.39, 0.29) is 18.2 Å². The van der Waals surface area contributed by atoms with Gasteiger partial charge in [-0.2, -0.15) is 0 Å². The summed E-state index contributed by atoms with van der Waals surface area (Å²) in [6, 6.07) is 0. The van der Waals surface area contributed by atoms with Crippen molar-refractivity contribution in [3.05, 3.63) is 24.3 Å². The average Bonchev–Trinajstić information content (AvgIpc) is 3.02. The molecule has 2 atom stereocenters. The molecule has 0 aliphatic rings. The van der Waals surface area contributed by atoms with Crippen LogP contribution in [0.3, 0.4) is 0 Å².